The molecule has 1 aliphatic rings. The van der Waals surface area contributed by atoms with Gasteiger partial charge in [0.25, 0.3) is 16.8 Å². The maximum atomic E-state index is 12.9. The van der Waals surface area contributed by atoms with E-state index < -0.39 is 16.1 Å². The molecule has 0 aliphatic carbocycles. The van der Waals surface area contributed by atoms with E-state index in [-0.39, 0.29) is 17.2 Å². The van der Waals surface area contributed by atoms with Crippen LogP contribution in [0, 0.1) is 10.1 Å². The molecule has 34 heavy (non-hydrogen) atoms. The number of carbonyl (C=O) groups is 2. The van der Waals surface area contributed by atoms with Gasteiger partial charge in [-0.3, -0.25) is 19.7 Å². The van der Waals surface area contributed by atoms with Crippen LogP contribution in [0.25, 0.3) is 6.08 Å². The van der Waals surface area contributed by atoms with E-state index in [1.807, 2.05) is 0 Å². The highest BCUT2D eigenvalue weighted by atomic mass is 35.5. The Bertz CT molecular complexity index is 1310. The fraction of sp³-hybridized carbons (Fsp3) is 0.0833. The van der Waals surface area contributed by atoms with Crippen LogP contribution >= 0.6 is 23.4 Å². The number of halogens is 1. The van der Waals surface area contributed by atoms with Crippen molar-refractivity contribution >= 4 is 52.0 Å². The molecule has 1 aliphatic heterocycles. The number of thioether (sulfide) groups is 1. The minimum Gasteiger partial charge on any atom is -0.495 e. The van der Waals surface area contributed by atoms with E-state index in [9.17, 15) is 19.7 Å². The van der Waals surface area contributed by atoms with Crippen molar-refractivity contribution < 1.29 is 24.0 Å². The van der Waals surface area contributed by atoms with Gasteiger partial charge in [0.1, 0.15) is 18.1 Å². The van der Waals surface area contributed by atoms with Crippen LogP contribution in [0.1, 0.15) is 11.1 Å². The summed E-state index contributed by atoms with van der Waals surface area (Å²) in [6.45, 7) is 0.175. The predicted octanol–water partition coefficient (Wildman–Crippen LogP) is 6.08. The molecule has 0 spiro atoms. The van der Waals surface area contributed by atoms with Gasteiger partial charge < -0.3 is 9.47 Å². The number of nitro benzene ring substituents is 1. The highest BCUT2D eigenvalue weighted by Crippen LogP contribution is 2.40. The number of para-hydroxylation sites is 2. The Balaban J connectivity index is 1.48. The molecule has 0 radical (unpaired) electrons. The standard InChI is InChI=1S/C24H17ClN2O6S/c1-32-21-5-3-2-4-19(21)26-23(28)22(34-24(26)29)13-16-8-11-20(18(25)12-16)33-14-15-6-9-17(10-7-15)27(30)31/h2-13H,14H2,1H3/b22-13-. The second-order valence-electron chi connectivity index (χ2n) is 7.09. The number of hydrogen-bond donors (Lipinski definition) is 0. The Morgan fingerprint density at radius 1 is 1.06 bits per heavy atom. The number of ether oxygens (including phenoxy) is 2. The number of amides is 2. The first-order valence-corrected chi connectivity index (χ1v) is 11.1. The highest BCUT2D eigenvalue weighted by molar-refractivity contribution is 8.19. The molecule has 1 saturated heterocycles. The van der Waals surface area contributed by atoms with E-state index >= 15 is 0 Å². The van der Waals surface area contributed by atoms with Crippen LogP contribution in [0.3, 0.4) is 0 Å². The van der Waals surface area contributed by atoms with Crippen LogP contribution in [-0.2, 0) is 11.4 Å². The molecule has 0 atom stereocenters. The number of anilines is 1. The summed E-state index contributed by atoms with van der Waals surface area (Å²) < 4.78 is 11.0. The fourth-order valence-electron chi connectivity index (χ4n) is 3.24. The Labute approximate surface area is 203 Å². The van der Waals surface area contributed by atoms with Crippen molar-refractivity contribution in [2.45, 2.75) is 6.61 Å². The smallest absolute Gasteiger partial charge is 0.298 e. The van der Waals surface area contributed by atoms with Gasteiger partial charge in [0.2, 0.25) is 0 Å². The van der Waals surface area contributed by atoms with Crippen LogP contribution in [0.4, 0.5) is 16.2 Å². The van der Waals surface area contributed by atoms with Crippen LogP contribution < -0.4 is 14.4 Å². The van der Waals surface area contributed by atoms with E-state index in [4.69, 9.17) is 21.1 Å². The zero-order chi connectivity index (χ0) is 24.2. The van der Waals surface area contributed by atoms with Gasteiger partial charge >= 0.3 is 0 Å². The maximum absolute atomic E-state index is 12.9. The van der Waals surface area contributed by atoms with Gasteiger partial charge in [0, 0.05) is 12.1 Å². The molecule has 4 rings (SSSR count). The average molecular weight is 497 g/mol. The van der Waals surface area contributed by atoms with Crippen molar-refractivity contribution in [1.29, 1.82) is 0 Å². The van der Waals surface area contributed by atoms with E-state index in [0.717, 1.165) is 22.2 Å². The molecule has 0 aromatic heterocycles. The number of rotatable bonds is 7. The third kappa shape index (κ3) is 4.90. The molecule has 172 valence electrons. The van der Waals surface area contributed by atoms with Gasteiger partial charge in [0.15, 0.2) is 0 Å². The van der Waals surface area contributed by atoms with Crippen molar-refractivity contribution in [3.63, 3.8) is 0 Å². The summed E-state index contributed by atoms with van der Waals surface area (Å²) in [6, 6.07) is 17.8. The van der Waals surface area contributed by atoms with Crippen molar-refractivity contribution in [2.75, 3.05) is 12.0 Å². The largest absolute Gasteiger partial charge is 0.495 e. The SMILES string of the molecule is COc1ccccc1N1C(=O)S/C(=C\c2ccc(OCc3ccc([N+](=O)[O-])cc3)c(Cl)c2)C1=O. The highest BCUT2D eigenvalue weighted by Gasteiger charge is 2.37. The summed E-state index contributed by atoms with van der Waals surface area (Å²) in [6.07, 6.45) is 1.59. The second kappa shape index (κ2) is 9.98. The number of methoxy groups -OCH3 is 1. The lowest BCUT2D eigenvalue weighted by atomic mass is 10.2. The monoisotopic (exact) mass is 496 g/mol. The zero-order valence-electron chi connectivity index (χ0n) is 17.8. The molecule has 0 saturated carbocycles. The van der Waals surface area contributed by atoms with Crippen LogP contribution in [0.5, 0.6) is 11.5 Å². The predicted molar refractivity (Wildman–Crippen MR) is 130 cm³/mol. The van der Waals surface area contributed by atoms with Gasteiger partial charge in [-0.15, -0.1) is 0 Å². The van der Waals surface area contributed by atoms with Crippen LogP contribution in [0.15, 0.2) is 71.6 Å². The minimum atomic E-state index is -0.467. The Hall–Kier alpha value is -3.82. The molecule has 1 fully saturated rings. The van der Waals surface area contributed by atoms with Gasteiger partial charge in [-0.05, 0) is 65.4 Å². The quantitative estimate of drug-likeness (QED) is 0.222. The third-order valence-corrected chi connectivity index (χ3v) is 6.08. The molecule has 3 aromatic carbocycles. The summed E-state index contributed by atoms with van der Waals surface area (Å²) in [4.78, 5) is 37.1. The van der Waals surface area contributed by atoms with Crippen molar-refractivity contribution in [3.8, 4) is 11.5 Å². The molecule has 0 unspecified atom stereocenters. The fourth-order valence-corrected chi connectivity index (χ4v) is 4.32. The Kier molecular flexibility index (Phi) is 6.85. The summed E-state index contributed by atoms with van der Waals surface area (Å²) in [5, 5.41) is 10.6. The number of nitro groups is 1. The molecule has 2 amide bonds. The van der Waals surface area contributed by atoms with E-state index in [2.05, 4.69) is 0 Å². The normalized spacial score (nSPS) is 14.5. The summed E-state index contributed by atoms with van der Waals surface area (Å²) >= 11 is 7.18. The first kappa shape index (κ1) is 23.3. The molecular formula is C24H17ClN2O6S. The molecule has 0 N–H and O–H groups in total. The molecule has 1 heterocycles. The summed E-state index contributed by atoms with van der Waals surface area (Å²) in [5.41, 5.74) is 1.75. The molecule has 8 nitrogen and oxygen atoms in total. The maximum Gasteiger partial charge on any atom is 0.298 e. The molecular weight excluding hydrogens is 480 g/mol. The first-order valence-electron chi connectivity index (χ1n) is 9.94. The third-order valence-electron chi connectivity index (χ3n) is 4.91. The Morgan fingerprint density at radius 3 is 2.47 bits per heavy atom. The number of carbonyl (C=O) groups excluding carboxylic acids is 2. The summed E-state index contributed by atoms with van der Waals surface area (Å²) in [7, 11) is 1.47. The van der Waals surface area contributed by atoms with Gasteiger partial charge in [-0.2, -0.15) is 0 Å². The average Bonchev–Trinajstić information content (AvgIpc) is 3.11. The molecule has 0 bridgehead atoms. The first-order chi connectivity index (χ1) is 16.4. The van der Waals surface area contributed by atoms with E-state index in [1.54, 1.807) is 60.7 Å². The number of imide groups is 1. The molecule has 3 aromatic rings. The van der Waals surface area contributed by atoms with Crippen molar-refractivity contribution in [3.05, 3.63) is 97.9 Å². The van der Waals surface area contributed by atoms with Gasteiger partial charge in [0.05, 0.1) is 27.6 Å². The number of benzene rings is 3. The van der Waals surface area contributed by atoms with Crippen molar-refractivity contribution in [2.24, 2.45) is 0 Å². The van der Waals surface area contributed by atoms with Gasteiger partial charge in [-0.25, -0.2) is 4.90 Å². The zero-order valence-corrected chi connectivity index (χ0v) is 19.3. The lowest BCUT2D eigenvalue weighted by Crippen LogP contribution is -2.28. The lowest BCUT2D eigenvalue weighted by Gasteiger charge is -2.15. The van der Waals surface area contributed by atoms with Crippen LogP contribution in [0.2, 0.25) is 5.02 Å². The summed E-state index contributed by atoms with van der Waals surface area (Å²) in [5.74, 6) is 0.386. The number of non-ortho nitro benzene ring substituents is 1. The van der Waals surface area contributed by atoms with E-state index in [1.165, 1.54) is 19.2 Å². The number of hydrogen-bond acceptors (Lipinski definition) is 7. The van der Waals surface area contributed by atoms with Crippen LogP contribution in [-0.4, -0.2) is 23.2 Å². The minimum absolute atomic E-state index is 0.00116. The number of nitrogens with zero attached hydrogens (tertiary/aromatic N) is 2. The topological polar surface area (TPSA) is 99.0 Å². The van der Waals surface area contributed by atoms with Crippen molar-refractivity contribution in [1.82, 2.24) is 0 Å². The van der Waals surface area contributed by atoms with E-state index in [0.29, 0.717) is 27.8 Å². The van der Waals surface area contributed by atoms with Gasteiger partial charge in [-0.1, -0.05) is 29.8 Å². The molecule has 10 heteroatoms. The second-order valence-corrected chi connectivity index (χ2v) is 8.49. The Morgan fingerprint density at radius 2 is 1.79 bits per heavy atom. The lowest BCUT2D eigenvalue weighted by molar-refractivity contribution is -0.384.